The lowest BCUT2D eigenvalue weighted by molar-refractivity contribution is -0.116. The van der Waals surface area contributed by atoms with Gasteiger partial charge in [-0.3, -0.25) is 4.79 Å². The Morgan fingerprint density at radius 3 is 2.36 bits per heavy atom. The average Bonchev–Trinajstić information content (AvgIpc) is 2.71. The molecule has 0 saturated carbocycles. The molecule has 0 fully saturated rings. The van der Waals surface area contributed by atoms with Crippen LogP contribution in [-0.4, -0.2) is 19.0 Å². The minimum Gasteiger partial charge on any atom is -0.455 e. The van der Waals surface area contributed by atoms with E-state index in [0.29, 0.717) is 30.2 Å². The molecule has 0 saturated heterocycles. The molecule has 0 atom stereocenters. The Hall–Kier alpha value is -3.18. The van der Waals surface area contributed by atoms with Crippen LogP contribution < -0.4 is 15.4 Å². The molecule has 0 aromatic heterocycles. The molecule has 3 aromatic rings. The minimum atomic E-state index is -0.232. The van der Waals surface area contributed by atoms with Crippen LogP contribution in [0.25, 0.3) is 0 Å². The highest BCUT2D eigenvalue weighted by Gasteiger charge is 2.08. The molecule has 0 bridgehead atoms. The van der Waals surface area contributed by atoms with Crippen molar-refractivity contribution >= 4 is 11.6 Å². The predicted molar refractivity (Wildman–Crippen MR) is 109 cm³/mol. The fourth-order valence-corrected chi connectivity index (χ4v) is 2.70. The largest absolute Gasteiger partial charge is 0.455 e. The van der Waals surface area contributed by atoms with Gasteiger partial charge in [0.2, 0.25) is 5.91 Å². The zero-order valence-corrected chi connectivity index (χ0v) is 15.5. The summed E-state index contributed by atoms with van der Waals surface area (Å²) in [5.41, 5.74) is 1.70. The quantitative estimate of drug-likeness (QED) is 0.527. The van der Waals surface area contributed by atoms with Crippen molar-refractivity contribution in [3.63, 3.8) is 0 Å². The summed E-state index contributed by atoms with van der Waals surface area (Å²) < 4.78 is 18.7. The van der Waals surface area contributed by atoms with Gasteiger partial charge in [0, 0.05) is 13.0 Å². The van der Waals surface area contributed by atoms with Gasteiger partial charge in [-0.1, -0.05) is 42.5 Å². The molecule has 2 N–H and O–H groups in total. The molecule has 3 aromatic carbocycles. The van der Waals surface area contributed by atoms with Crippen molar-refractivity contribution in [2.75, 3.05) is 18.4 Å². The van der Waals surface area contributed by atoms with E-state index in [4.69, 9.17) is 4.74 Å². The van der Waals surface area contributed by atoms with Gasteiger partial charge in [-0.15, -0.1) is 0 Å². The Labute approximate surface area is 164 Å². The highest BCUT2D eigenvalue weighted by Crippen LogP contribution is 2.29. The van der Waals surface area contributed by atoms with E-state index >= 15 is 0 Å². The highest BCUT2D eigenvalue weighted by molar-refractivity contribution is 5.92. The maximum atomic E-state index is 12.9. The Balaban J connectivity index is 1.43. The van der Waals surface area contributed by atoms with E-state index in [1.807, 2.05) is 54.6 Å². The van der Waals surface area contributed by atoms with Crippen LogP contribution in [-0.2, 0) is 11.2 Å². The number of rotatable bonds is 9. The van der Waals surface area contributed by atoms with Crippen LogP contribution in [0.1, 0.15) is 12.0 Å². The average molecular weight is 378 g/mol. The molecule has 144 valence electrons. The molecule has 1 amide bonds. The van der Waals surface area contributed by atoms with Crippen LogP contribution in [0.3, 0.4) is 0 Å². The summed E-state index contributed by atoms with van der Waals surface area (Å²) in [4.78, 5) is 12.2. The molecule has 0 aliphatic heterocycles. The molecule has 0 unspecified atom stereocenters. The maximum absolute atomic E-state index is 12.9. The maximum Gasteiger partial charge on any atom is 0.225 e. The number of halogens is 1. The fourth-order valence-electron chi connectivity index (χ4n) is 2.70. The Morgan fingerprint density at radius 1 is 0.857 bits per heavy atom. The van der Waals surface area contributed by atoms with Crippen molar-refractivity contribution in [3.8, 4) is 11.5 Å². The van der Waals surface area contributed by atoms with Gasteiger partial charge in [-0.25, -0.2) is 4.39 Å². The Bertz CT molecular complexity index is 883. The van der Waals surface area contributed by atoms with E-state index in [1.54, 1.807) is 12.1 Å². The van der Waals surface area contributed by atoms with Crippen LogP contribution in [0, 0.1) is 5.82 Å². The van der Waals surface area contributed by atoms with Gasteiger partial charge < -0.3 is 15.4 Å². The van der Waals surface area contributed by atoms with Crippen molar-refractivity contribution in [2.45, 2.75) is 12.8 Å². The van der Waals surface area contributed by atoms with Gasteiger partial charge in [0.05, 0.1) is 5.69 Å². The third-order valence-electron chi connectivity index (χ3n) is 4.16. The fraction of sp³-hybridized carbons (Fsp3) is 0.174. The monoisotopic (exact) mass is 378 g/mol. The summed E-state index contributed by atoms with van der Waals surface area (Å²) in [6, 6.07) is 23.3. The van der Waals surface area contributed by atoms with Crippen LogP contribution in [0.15, 0.2) is 78.9 Å². The third kappa shape index (κ3) is 6.21. The first-order chi connectivity index (χ1) is 13.7. The zero-order valence-electron chi connectivity index (χ0n) is 15.5. The number of carbonyl (C=O) groups excluding carboxylic acids is 1. The SMILES string of the molecule is O=C(CCNCCc1ccc(F)cc1)Nc1ccccc1Oc1ccccc1. The van der Waals surface area contributed by atoms with E-state index in [1.165, 1.54) is 12.1 Å². The first kappa shape index (κ1) is 19.6. The highest BCUT2D eigenvalue weighted by atomic mass is 19.1. The lowest BCUT2D eigenvalue weighted by atomic mass is 10.1. The normalized spacial score (nSPS) is 10.5. The van der Waals surface area contributed by atoms with Gasteiger partial charge in [-0.05, 0) is 54.9 Å². The molecule has 0 radical (unpaired) electrons. The second kappa shape index (κ2) is 10.2. The van der Waals surface area contributed by atoms with Crippen molar-refractivity contribution in [1.82, 2.24) is 5.32 Å². The number of carbonyl (C=O) groups is 1. The smallest absolute Gasteiger partial charge is 0.225 e. The first-order valence-electron chi connectivity index (χ1n) is 9.27. The summed E-state index contributed by atoms with van der Waals surface area (Å²) in [7, 11) is 0. The molecular weight excluding hydrogens is 355 g/mol. The van der Waals surface area contributed by atoms with Gasteiger partial charge >= 0.3 is 0 Å². The predicted octanol–water partition coefficient (Wildman–Crippen LogP) is 4.78. The standard InChI is InChI=1S/C23H23FN2O2/c24-19-12-10-18(11-13-19)14-16-25-17-15-23(27)26-21-8-4-5-9-22(21)28-20-6-2-1-3-7-20/h1-13,25H,14-17H2,(H,26,27). The minimum absolute atomic E-state index is 0.0848. The molecule has 0 spiro atoms. The van der Waals surface area contributed by atoms with Crippen molar-refractivity contribution < 1.29 is 13.9 Å². The molecule has 28 heavy (non-hydrogen) atoms. The Morgan fingerprint density at radius 2 is 1.57 bits per heavy atom. The van der Waals surface area contributed by atoms with E-state index < -0.39 is 0 Å². The summed E-state index contributed by atoms with van der Waals surface area (Å²) >= 11 is 0. The van der Waals surface area contributed by atoms with Crippen LogP contribution in [0.4, 0.5) is 10.1 Å². The molecule has 0 heterocycles. The molecular formula is C23H23FN2O2. The second-order valence-corrected chi connectivity index (χ2v) is 6.34. The number of ether oxygens (including phenoxy) is 1. The lowest BCUT2D eigenvalue weighted by Gasteiger charge is -2.12. The van der Waals surface area contributed by atoms with E-state index in [-0.39, 0.29) is 11.7 Å². The van der Waals surface area contributed by atoms with Gasteiger partial charge in [-0.2, -0.15) is 0 Å². The second-order valence-electron chi connectivity index (χ2n) is 6.34. The van der Waals surface area contributed by atoms with Crippen molar-refractivity contribution in [1.29, 1.82) is 0 Å². The zero-order chi connectivity index (χ0) is 19.6. The topological polar surface area (TPSA) is 50.4 Å². The number of para-hydroxylation sites is 3. The number of anilines is 1. The van der Waals surface area contributed by atoms with E-state index in [9.17, 15) is 9.18 Å². The van der Waals surface area contributed by atoms with Gasteiger partial charge in [0.1, 0.15) is 11.6 Å². The van der Waals surface area contributed by atoms with E-state index in [2.05, 4.69) is 10.6 Å². The van der Waals surface area contributed by atoms with E-state index in [0.717, 1.165) is 18.5 Å². The van der Waals surface area contributed by atoms with Crippen molar-refractivity contribution in [3.05, 3.63) is 90.2 Å². The molecule has 0 aliphatic carbocycles. The van der Waals surface area contributed by atoms with Gasteiger partial charge in [0.15, 0.2) is 5.75 Å². The molecule has 5 heteroatoms. The van der Waals surface area contributed by atoms with Crippen molar-refractivity contribution in [2.24, 2.45) is 0 Å². The lowest BCUT2D eigenvalue weighted by Crippen LogP contribution is -2.23. The molecule has 3 rings (SSSR count). The number of amides is 1. The van der Waals surface area contributed by atoms with Crippen LogP contribution >= 0.6 is 0 Å². The number of benzene rings is 3. The number of hydrogen-bond donors (Lipinski definition) is 2. The summed E-state index contributed by atoms with van der Waals surface area (Å²) in [5.74, 6) is 1.00. The summed E-state index contributed by atoms with van der Waals surface area (Å²) in [6.45, 7) is 1.29. The molecule has 4 nitrogen and oxygen atoms in total. The third-order valence-corrected chi connectivity index (χ3v) is 4.16. The van der Waals surface area contributed by atoms with Crippen LogP contribution in [0.2, 0.25) is 0 Å². The summed E-state index contributed by atoms with van der Waals surface area (Å²) in [5, 5.41) is 6.13. The van der Waals surface area contributed by atoms with Crippen LogP contribution in [0.5, 0.6) is 11.5 Å². The number of hydrogen-bond acceptors (Lipinski definition) is 3. The Kier molecular flexibility index (Phi) is 7.15. The van der Waals surface area contributed by atoms with Gasteiger partial charge in [0.25, 0.3) is 0 Å². The summed E-state index contributed by atoms with van der Waals surface area (Å²) in [6.07, 6.45) is 1.14. The number of nitrogens with one attached hydrogen (secondary N) is 2. The molecule has 0 aliphatic rings. The first-order valence-corrected chi connectivity index (χ1v) is 9.27.